The van der Waals surface area contributed by atoms with E-state index in [0.29, 0.717) is 29.5 Å². The highest BCUT2D eigenvalue weighted by Gasteiger charge is 2.34. The number of rotatable bonds is 6. The van der Waals surface area contributed by atoms with Crippen LogP contribution in [0.5, 0.6) is 5.75 Å². The Hall–Kier alpha value is -3.42. The van der Waals surface area contributed by atoms with E-state index < -0.39 is 29.4 Å². The molecule has 2 aromatic carbocycles. The Labute approximate surface area is 171 Å². The number of primary amides is 1. The van der Waals surface area contributed by atoms with E-state index in [1.54, 1.807) is 12.1 Å². The number of carbonyl (C=O) groups is 2. The molecule has 8 heteroatoms. The fourth-order valence-corrected chi connectivity index (χ4v) is 4.19. The number of carbonyl (C=O) groups excluding carboxylic acids is 2. The first-order valence-corrected chi connectivity index (χ1v) is 9.47. The molecule has 0 aliphatic heterocycles. The number of aromatic nitrogens is 1. The number of nitrogens with zero attached hydrogens (tertiary/aromatic N) is 1. The van der Waals surface area contributed by atoms with Crippen LogP contribution < -0.4 is 10.5 Å². The third-order valence-electron chi connectivity index (χ3n) is 5.40. The van der Waals surface area contributed by atoms with Gasteiger partial charge in [0.1, 0.15) is 17.4 Å². The van der Waals surface area contributed by atoms with Gasteiger partial charge in [-0.3, -0.25) is 4.79 Å². The van der Waals surface area contributed by atoms with E-state index in [-0.39, 0.29) is 13.2 Å². The minimum Gasteiger partial charge on any atom is -0.481 e. The molecule has 0 saturated carbocycles. The highest BCUT2D eigenvalue weighted by Crippen LogP contribution is 2.44. The molecule has 2 N–H and O–H groups in total. The zero-order valence-electron chi connectivity index (χ0n) is 16.3. The predicted octanol–water partition coefficient (Wildman–Crippen LogP) is 3.03. The average molecular weight is 414 g/mol. The van der Waals surface area contributed by atoms with E-state index in [0.717, 1.165) is 22.8 Å². The van der Waals surface area contributed by atoms with Gasteiger partial charge < -0.3 is 19.8 Å². The number of methoxy groups -OCH3 is 1. The Kier molecular flexibility index (Phi) is 5.15. The molecule has 0 saturated heterocycles. The van der Waals surface area contributed by atoms with Gasteiger partial charge in [0, 0.05) is 23.7 Å². The van der Waals surface area contributed by atoms with Gasteiger partial charge in [0.25, 0.3) is 0 Å². The van der Waals surface area contributed by atoms with Gasteiger partial charge in [-0.2, -0.15) is 0 Å². The minimum atomic E-state index is -0.657. The van der Waals surface area contributed by atoms with Crippen molar-refractivity contribution in [3.8, 4) is 5.75 Å². The molecule has 30 heavy (non-hydrogen) atoms. The fraction of sp³-hybridized carbons (Fsp3) is 0.273. The maximum atomic E-state index is 13.7. The number of halogens is 2. The predicted molar refractivity (Wildman–Crippen MR) is 105 cm³/mol. The Morgan fingerprint density at radius 3 is 2.60 bits per heavy atom. The molecule has 0 spiro atoms. The van der Waals surface area contributed by atoms with Gasteiger partial charge in [0.15, 0.2) is 6.61 Å². The van der Waals surface area contributed by atoms with E-state index in [2.05, 4.69) is 4.74 Å². The van der Waals surface area contributed by atoms with Crippen LogP contribution in [0.15, 0.2) is 36.4 Å². The summed E-state index contributed by atoms with van der Waals surface area (Å²) in [4.78, 5) is 23.6. The lowest BCUT2D eigenvalue weighted by Gasteiger charge is -2.12. The molecule has 1 unspecified atom stereocenters. The van der Waals surface area contributed by atoms with Crippen molar-refractivity contribution in [3.63, 3.8) is 0 Å². The van der Waals surface area contributed by atoms with Crippen LogP contribution in [0.1, 0.15) is 29.2 Å². The smallest absolute Gasteiger partial charge is 0.343 e. The molecule has 0 bridgehead atoms. The molecular weight excluding hydrogens is 394 g/mol. The molecule has 3 aromatic rings. The monoisotopic (exact) mass is 414 g/mol. The van der Waals surface area contributed by atoms with Gasteiger partial charge >= 0.3 is 5.97 Å². The van der Waals surface area contributed by atoms with E-state index in [1.165, 1.54) is 19.2 Å². The molecule has 1 amide bonds. The Morgan fingerprint density at radius 2 is 1.93 bits per heavy atom. The van der Waals surface area contributed by atoms with Crippen LogP contribution in [-0.4, -0.2) is 30.2 Å². The summed E-state index contributed by atoms with van der Waals surface area (Å²) in [7, 11) is 1.27. The molecule has 0 radical (unpaired) electrons. The van der Waals surface area contributed by atoms with Gasteiger partial charge in [-0.15, -0.1) is 0 Å². The second kappa shape index (κ2) is 7.78. The van der Waals surface area contributed by atoms with Crippen LogP contribution in [0.3, 0.4) is 0 Å². The summed E-state index contributed by atoms with van der Waals surface area (Å²) >= 11 is 0. The van der Waals surface area contributed by atoms with Gasteiger partial charge in [0.05, 0.1) is 18.5 Å². The maximum absolute atomic E-state index is 13.7. The third-order valence-corrected chi connectivity index (χ3v) is 5.40. The van der Waals surface area contributed by atoms with Crippen molar-refractivity contribution < 1.29 is 27.8 Å². The van der Waals surface area contributed by atoms with Crippen LogP contribution in [0.4, 0.5) is 8.78 Å². The molecule has 4 rings (SSSR count). The van der Waals surface area contributed by atoms with Crippen LogP contribution in [0.25, 0.3) is 10.9 Å². The topological polar surface area (TPSA) is 83.6 Å². The largest absolute Gasteiger partial charge is 0.481 e. The Bertz CT molecular complexity index is 1140. The van der Waals surface area contributed by atoms with Crippen molar-refractivity contribution >= 4 is 22.8 Å². The SMILES string of the molecule is COC(=O)COc1cccc2c1c1c(n2Cc2cc(F)cc(F)c2)CCC1C(N)=O. The van der Waals surface area contributed by atoms with Crippen LogP contribution in [0.2, 0.25) is 0 Å². The normalized spacial score (nSPS) is 15.2. The number of ether oxygens (including phenoxy) is 2. The summed E-state index contributed by atoms with van der Waals surface area (Å²) in [5.41, 5.74) is 8.44. The van der Waals surface area contributed by atoms with Crippen molar-refractivity contribution in [1.82, 2.24) is 4.57 Å². The lowest BCUT2D eigenvalue weighted by Crippen LogP contribution is -2.19. The van der Waals surface area contributed by atoms with Crippen LogP contribution in [-0.2, 0) is 27.3 Å². The summed E-state index contributed by atoms with van der Waals surface area (Å²) in [6.07, 6.45) is 1.13. The molecule has 1 aliphatic carbocycles. The summed E-state index contributed by atoms with van der Waals surface area (Å²) < 4.78 is 39.6. The average Bonchev–Trinajstić information content (AvgIpc) is 3.25. The molecule has 156 valence electrons. The van der Waals surface area contributed by atoms with E-state index in [4.69, 9.17) is 10.5 Å². The molecule has 1 aromatic heterocycles. The Balaban J connectivity index is 1.87. The van der Waals surface area contributed by atoms with Crippen molar-refractivity contribution in [2.24, 2.45) is 5.73 Å². The number of amides is 1. The number of esters is 1. The molecule has 1 atom stereocenters. The van der Waals surface area contributed by atoms with Crippen LogP contribution >= 0.6 is 0 Å². The molecule has 1 aliphatic rings. The van der Waals surface area contributed by atoms with Crippen molar-refractivity contribution in [3.05, 3.63) is 64.9 Å². The van der Waals surface area contributed by atoms with Crippen molar-refractivity contribution in [1.29, 1.82) is 0 Å². The van der Waals surface area contributed by atoms with E-state index in [9.17, 15) is 18.4 Å². The summed E-state index contributed by atoms with van der Waals surface area (Å²) in [6, 6.07) is 8.68. The quantitative estimate of drug-likeness (QED) is 0.629. The highest BCUT2D eigenvalue weighted by molar-refractivity contribution is 5.97. The van der Waals surface area contributed by atoms with Crippen molar-refractivity contribution in [2.75, 3.05) is 13.7 Å². The van der Waals surface area contributed by atoms with E-state index in [1.807, 2.05) is 10.6 Å². The molecule has 6 nitrogen and oxygen atoms in total. The number of hydrogen-bond donors (Lipinski definition) is 1. The fourth-order valence-electron chi connectivity index (χ4n) is 4.19. The van der Waals surface area contributed by atoms with Gasteiger partial charge in [-0.05, 0) is 48.2 Å². The lowest BCUT2D eigenvalue weighted by molar-refractivity contribution is -0.142. The second-order valence-electron chi connectivity index (χ2n) is 7.23. The lowest BCUT2D eigenvalue weighted by atomic mass is 9.99. The van der Waals surface area contributed by atoms with Gasteiger partial charge in [-0.1, -0.05) is 6.07 Å². The minimum absolute atomic E-state index is 0.215. The summed E-state index contributed by atoms with van der Waals surface area (Å²) in [5, 5.41) is 0.676. The molecule has 0 fully saturated rings. The Morgan fingerprint density at radius 1 is 1.20 bits per heavy atom. The summed E-state index contributed by atoms with van der Waals surface area (Å²) in [6.45, 7) is -0.0711. The first kappa shape index (κ1) is 19.9. The zero-order valence-corrected chi connectivity index (χ0v) is 16.3. The molecular formula is C22H20F2N2O4. The standard InChI is InChI=1S/C22H20F2N2O4/c1-29-19(27)11-30-18-4-2-3-16-21(18)20-15(22(25)28)5-6-17(20)26(16)10-12-7-13(23)9-14(24)8-12/h2-4,7-9,15H,5-6,10-11H2,1H3,(H2,25,28). The number of hydrogen-bond acceptors (Lipinski definition) is 4. The third kappa shape index (κ3) is 3.49. The van der Waals surface area contributed by atoms with Gasteiger partial charge in [-0.25, -0.2) is 13.6 Å². The number of benzene rings is 2. The first-order valence-electron chi connectivity index (χ1n) is 9.47. The molecule has 1 heterocycles. The van der Waals surface area contributed by atoms with E-state index >= 15 is 0 Å². The first-order chi connectivity index (χ1) is 14.4. The van der Waals surface area contributed by atoms with Gasteiger partial charge in [0.2, 0.25) is 5.91 Å². The maximum Gasteiger partial charge on any atom is 0.343 e. The van der Waals surface area contributed by atoms with Crippen LogP contribution in [0, 0.1) is 11.6 Å². The number of fused-ring (bicyclic) bond motifs is 3. The summed E-state index contributed by atoms with van der Waals surface area (Å²) in [5.74, 6) is -2.38. The zero-order chi connectivity index (χ0) is 21.4. The number of nitrogens with two attached hydrogens (primary N) is 1. The van der Waals surface area contributed by atoms with Crippen molar-refractivity contribution in [2.45, 2.75) is 25.3 Å². The second-order valence-corrected chi connectivity index (χ2v) is 7.23. The highest BCUT2D eigenvalue weighted by atomic mass is 19.1.